The minimum absolute atomic E-state index is 0.0146. The summed E-state index contributed by atoms with van der Waals surface area (Å²) in [7, 11) is -8.26. The number of nitrogens with one attached hydrogen (secondary N) is 2. The predicted molar refractivity (Wildman–Crippen MR) is 133 cm³/mol. The summed E-state index contributed by atoms with van der Waals surface area (Å²) >= 11 is 6.20. The second-order valence-electron chi connectivity index (χ2n) is 7.84. The van der Waals surface area contributed by atoms with Crippen LogP contribution >= 0.6 is 11.6 Å². The van der Waals surface area contributed by atoms with Gasteiger partial charge in [-0.25, -0.2) is 25.6 Å². The molecular formula is C23H20ClF2N3O6S2. The standard InChI is InChI=1S/C23H20ClF2N3O6S2/c24-18-7-5-16(37(33,34)29-9-11-35-12-10-29)14-22(18)27-23(30)17-3-1-2-4-21(17)28-36(31,32)15-6-8-19(25)20(26)13-15/h1-8,13-14,28H,9-12H2,(H,27,30). The predicted octanol–water partition coefficient (Wildman–Crippen LogP) is 3.69. The summed E-state index contributed by atoms with van der Waals surface area (Å²) in [5, 5.41) is 2.55. The average Bonchev–Trinajstić information content (AvgIpc) is 2.87. The summed E-state index contributed by atoms with van der Waals surface area (Å²) in [4.78, 5) is 12.4. The third-order valence-corrected chi connectivity index (χ3v) is 9.00. The van der Waals surface area contributed by atoms with E-state index in [1.807, 2.05) is 0 Å². The van der Waals surface area contributed by atoms with E-state index in [-0.39, 0.29) is 53.2 Å². The number of benzene rings is 3. The van der Waals surface area contributed by atoms with E-state index < -0.39 is 42.5 Å². The number of sulfonamides is 2. The van der Waals surface area contributed by atoms with Gasteiger partial charge in [-0.15, -0.1) is 0 Å². The van der Waals surface area contributed by atoms with E-state index >= 15 is 0 Å². The molecule has 0 atom stereocenters. The molecule has 0 saturated carbocycles. The molecule has 1 aliphatic heterocycles. The van der Waals surface area contributed by atoms with Gasteiger partial charge in [-0.05, 0) is 48.5 Å². The molecule has 1 fully saturated rings. The number of carbonyl (C=O) groups is 1. The Hall–Kier alpha value is -3.10. The monoisotopic (exact) mass is 571 g/mol. The van der Waals surface area contributed by atoms with Gasteiger partial charge >= 0.3 is 0 Å². The Morgan fingerprint density at radius 2 is 1.54 bits per heavy atom. The lowest BCUT2D eigenvalue weighted by atomic mass is 10.1. The van der Waals surface area contributed by atoms with Crippen LogP contribution in [0.4, 0.5) is 20.2 Å². The summed E-state index contributed by atoms with van der Waals surface area (Å²) in [6.45, 7) is 0.873. The highest BCUT2D eigenvalue weighted by Crippen LogP contribution is 2.29. The minimum atomic E-state index is -4.39. The van der Waals surface area contributed by atoms with Crippen molar-refractivity contribution in [2.75, 3.05) is 36.3 Å². The lowest BCUT2D eigenvalue weighted by Gasteiger charge is -2.26. The van der Waals surface area contributed by atoms with Crippen LogP contribution in [0.25, 0.3) is 0 Å². The molecule has 14 heteroatoms. The highest BCUT2D eigenvalue weighted by molar-refractivity contribution is 7.92. The Bertz CT molecular complexity index is 1560. The number of nitrogens with zero attached hydrogens (tertiary/aromatic N) is 1. The van der Waals surface area contributed by atoms with Gasteiger partial charge in [0.25, 0.3) is 15.9 Å². The Labute approximate surface area is 217 Å². The molecule has 0 spiro atoms. The second kappa shape index (κ2) is 10.7. The molecule has 0 radical (unpaired) electrons. The minimum Gasteiger partial charge on any atom is -0.379 e. The lowest BCUT2D eigenvalue weighted by molar-refractivity contribution is 0.0730. The average molecular weight is 572 g/mol. The number of carbonyl (C=O) groups excluding carboxylic acids is 1. The van der Waals surface area contributed by atoms with Crippen molar-refractivity contribution in [3.63, 3.8) is 0 Å². The normalized spacial score (nSPS) is 14.8. The summed E-state index contributed by atoms with van der Waals surface area (Å²) in [5.41, 5.74) is -0.302. The number of anilines is 2. The zero-order valence-electron chi connectivity index (χ0n) is 18.9. The molecule has 2 N–H and O–H groups in total. The molecule has 196 valence electrons. The lowest BCUT2D eigenvalue weighted by Crippen LogP contribution is -2.40. The van der Waals surface area contributed by atoms with Crippen LogP contribution in [0.3, 0.4) is 0 Å². The smallest absolute Gasteiger partial charge is 0.262 e. The van der Waals surface area contributed by atoms with Crippen molar-refractivity contribution in [2.45, 2.75) is 9.79 Å². The summed E-state index contributed by atoms with van der Waals surface area (Å²) in [5.74, 6) is -3.37. The van der Waals surface area contributed by atoms with Crippen LogP contribution in [-0.4, -0.2) is 53.4 Å². The maximum absolute atomic E-state index is 13.6. The topological polar surface area (TPSA) is 122 Å². The van der Waals surface area contributed by atoms with Crippen LogP contribution in [0.1, 0.15) is 10.4 Å². The molecule has 3 aromatic rings. The first-order valence-corrected chi connectivity index (χ1v) is 14.0. The van der Waals surface area contributed by atoms with Gasteiger partial charge in [0.05, 0.1) is 45.0 Å². The number of amides is 1. The highest BCUT2D eigenvalue weighted by atomic mass is 35.5. The van der Waals surface area contributed by atoms with E-state index in [0.717, 1.165) is 6.07 Å². The molecule has 1 heterocycles. The Balaban J connectivity index is 1.60. The van der Waals surface area contributed by atoms with Crippen molar-refractivity contribution in [3.8, 4) is 0 Å². The first-order chi connectivity index (χ1) is 17.5. The molecule has 3 aromatic carbocycles. The van der Waals surface area contributed by atoms with Crippen molar-refractivity contribution < 1.29 is 35.1 Å². The zero-order chi connectivity index (χ0) is 26.8. The Kier molecular flexibility index (Phi) is 7.80. The SMILES string of the molecule is O=C(Nc1cc(S(=O)(=O)N2CCOCC2)ccc1Cl)c1ccccc1NS(=O)(=O)c1ccc(F)c(F)c1. The third kappa shape index (κ3) is 5.91. The number of para-hydroxylation sites is 1. The van der Waals surface area contributed by atoms with Crippen molar-refractivity contribution in [3.05, 3.63) is 82.9 Å². The van der Waals surface area contributed by atoms with Crippen LogP contribution in [0, 0.1) is 11.6 Å². The van der Waals surface area contributed by atoms with Gasteiger partial charge in [0, 0.05) is 13.1 Å². The van der Waals surface area contributed by atoms with Crippen LogP contribution < -0.4 is 10.0 Å². The molecule has 0 aromatic heterocycles. The van der Waals surface area contributed by atoms with Crippen molar-refractivity contribution in [1.82, 2.24) is 4.31 Å². The molecule has 0 bridgehead atoms. The second-order valence-corrected chi connectivity index (χ2v) is 11.9. The van der Waals surface area contributed by atoms with Gasteiger partial charge in [0.2, 0.25) is 10.0 Å². The maximum Gasteiger partial charge on any atom is 0.262 e. The van der Waals surface area contributed by atoms with Gasteiger partial charge in [0.15, 0.2) is 11.6 Å². The Morgan fingerprint density at radius 1 is 0.865 bits per heavy atom. The number of morpholine rings is 1. The van der Waals surface area contributed by atoms with Gasteiger partial charge < -0.3 is 10.1 Å². The number of ether oxygens (including phenoxy) is 1. The number of rotatable bonds is 7. The summed E-state index contributed by atoms with van der Waals surface area (Å²) in [6, 6.07) is 11.5. The molecule has 1 amide bonds. The fourth-order valence-electron chi connectivity index (χ4n) is 3.50. The van der Waals surface area contributed by atoms with Crippen molar-refractivity contribution >= 4 is 48.9 Å². The van der Waals surface area contributed by atoms with Gasteiger partial charge in [-0.2, -0.15) is 4.31 Å². The maximum atomic E-state index is 13.6. The van der Waals surface area contributed by atoms with E-state index in [0.29, 0.717) is 12.1 Å². The first-order valence-electron chi connectivity index (χ1n) is 10.7. The van der Waals surface area contributed by atoms with Gasteiger partial charge in [-0.1, -0.05) is 23.7 Å². The highest BCUT2D eigenvalue weighted by Gasteiger charge is 2.27. The largest absolute Gasteiger partial charge is 0.379 e. The van der Waals surface area contributed by atoms with E-state index in [1.54, 1.807) is 0 Å². The summed E-state index contributed by atoms with van der Waals surface area (Å²) in [6.07, 6.45) is 0. The first kappa shape index (κ1) is 26.9. The molecule has 1 aliphatic rings. The van der Waals surface area contributed by atoms with E-state index in [4.69, 9.17) is 16.3 Å². The van der Waals surface area contributed by atoms with Crippen LogP contribution in [0.5, 0.6) is 0 Å². The molecule has 9 nitrogen and oxygen atoms in total. The fraction of sp³-hybridized carbons (Fsp3) is 0.174. The van der Waals surface area contributed by atoms with Crippen molar-refractivity contribution in [1.29, 1.82) is 0 Å². The molecule has 37 heavy (non-hydrogen) atoms. The molecule has 1 saturated heterocycles. The fourth-order valence-corrected chi connectivity index (χ4v) is 6.19. The number of hydrogen-bond donors (Lipinski definition) is 2. The van der Waals surface area contributed by atoms with Gasteiger partial charge in [-0.3, -0.25) is 9.52 Å². The van der Waals surface area contributed by atoms with E-state index in [1.165, 1.54) is 46.8 Å². The summed E-state index contributed by atoms with van der Waals surface area (Å²) < 4.78 is 86.9. The third-order valence-electron chi connectivity index (χ3n) is 5.41. The Morgan fingerprint density at radius 3 is 2.24 bits per heavy atom. The van der Waals surface area contributed by atoms with Crippen LogP contribution in [-0.2, 0) is 24.8 Å². The van der Waals surface area contributed by atoms with Crippen LogP contribution in [0.15, 0.2) is 70.5 Å². The van der Waals surface area contributed by atoms with E-state index in [2.05, 4.69) is 10.0 Å². The molecule has 4 rings (SSSR count). The molecular weight excluding hydrogens is 552 g/mol. The zero-order valence-corrected chi connectivity index (χ0v) is 21.3. The van der Waals surface area contributed by atoms with Crippen molar-refractivity contribution in [2.24, 2.45) is 0 Å². The molecule has 0 unspecified atom stereocenters. The van der Waals surface area contributed by atoms with Crippen LogP contribution in [0.2, 0.25) is 5.02 Å². The quantitative estimate of drug-likeness (QED) is 0.446. The number of halogens is 3. The number of hydrogen-bond acceptors (Lipinski definition) is 6. The van der Waals surface area contributed by atoms with Gasteiger partial charge in [0.1, 0.15) is 0 Å². The molecule has 0 aliphatic carbocycles. The van der Waals surface area contributed by atoms with E-state index in [9.17, 15) is 30.4 Å².